The van der Waals surface area contributed by atoms with Crippen molar-refractivity contribution in [3.63, 3.8) is 0 Å². The quantitative estimate of drug-likeness (QED) is 0.670. The highest BCUT2D eigenvalue weighted by Gasteiger charge is 2.21. The Kier molecular flexibility index (Phi) is 5.57. The van der Waals surface area contributed by atoms with E-state index in [0.717, 1.165) is 29.5 Å². The molecule has 1 N–H and O–H groups in total. The van der Waals surface area contributed by atoms with Gasteiger partial charge < -0.3 is 5.32 Å². The van der Waals surface area contributed by atoms with Crippen molar-refractivity contribution in [3.05, 3.63) is 65.7 Å². The van der Waals surface area contributed by atoms with E-state index < -0.39 is 28.5 Å². The maximum Gasteiger partial charge on any atom is 0.237 e. The zero-order valence-electron chi connectivity index (χ0n) is 13.8. The van der Waals surface area contributed by atoms with Crippen molar-refractivity contribution in [1.29, 1.82) is 0 Å². The van der Waals surface area contributed by atoms with Crippen molar-refractivity contribution < 1.29 is 13.6 Å². The normalized spacial score (nSPS) is 12.0. The lowest BCUT2D eigenvalue weighted by Crippen LogP contribution is -2.24. The maximum atomic E-state index is 13.7. The van der Waals surface area contributed by atoms with Gasteiger partial charge in [0.15, 0.2) is 0 Å². The Hall–Kier alpha value is -2.81. The van der Waals surface area contributed by atoms with E-state index in [1.54, 1.807) is 11.6 Å². The smallest absolute Gasteiger partial charge is 0.237 e. The number of benzene rings is 2. The number of amides is 1. The maximum absolute atomic E-state index is 13.7. The minimum Gasteiger partial charge on any atom is -0.320 e. The SMILES string of the molecule is CC(Sc1nnnn1Cc1ccccc1)C(=O)Nc1c(F)cccc1F. The van der Waals surface area contributed by atoms with Crippen molar-refractivity contribution in [2.24, 2.45) is 0 Å². The Morgan fingerprint density at radius 2 is 1.85 bits per heavy atom. The number of carbonyl (C=O) groups is 1. The summed E-state index contributed by atoms with van der Waals surface area (Å²) in [5, 5.41) is 13.5. The van der Waals surface area contributed by atoms with Crippen molar-refractivity contribution in [3.8, 4) is 0 Å². The van der Waals surface area contributed by atoms with Crippen LogP contribution in [0.3, 0.4) is 0 Å². The molecular weight excluding hydrogens is 360 g/mol. The number of halogens is 2. The molecule has 0 bridgehead atoms. The molecule has 1 unspecified atom stereocenters. The van der Waals surface area contributed by atoms with Crippen LogP contribution in [-0.2, 0) is 11.3 Å². The summed E-state index contributed by atoms with van der Waals surface area (Å²) in [7, 11) is 0. The van der Waals surface area contributed by atoms with E-state index >= 15 is 0 Å². The van der Waals surface area contributed by atoms with Crippen LogP contribution < -0.4 is 5.32 Å². The zero-order chi connectivity index (χ0) is 18.5. The lowest BCUT2D eigenvalue weighted by atomic mass is 10.2. The molecule has 0 aliphatic heterocycles. The van der Waals surface area contributed by atoms with Gasteiger partial charge in [0.25, 0.3) is 0 Å². The van der Waals surface area contributed by atoms with Crippen LogP contribution in [0.15, 0.2) is 53.7 Å². The minimum absolute atomic E-state index is 0.436. The average molecular weight is 375 g/mol. The molecule has 6 nitrogen and oxygen atoms in total. The summed E-state index contributed by atoms with van der Waals surface area (Å²) in [4.78, 5) is 12.3. The summed E-state index contributed by atoms with van der Waals surface area (Å²) < 4.78 is 28.9. The third kappa shape index (κ3) is 4.23. The zero-order valence-corrected chi connectivity index (χ0v) is 14.6. The summed E-state index contributed by atoms with van der Waals surface area (Å²) in [5.74, 6) is -2.21. The number of thioether (sulfide) groups is 1. The van der Waals surface area contributed by atoms with Gasteiger partial charge in [-0.05, 0) is 35.0 Å². The number of nitrogens with zero attached hydrogens (tertiary/aromatic N) is 4. The lowest BCUT2D eigenvalue weighted by Gasteiger charge is -2.12. The molecule has 0 fully saturated rings. The molecular formula is C17H15F2N5OS. The number of tetrazole rings is 1. The summed E-state index contributed by atoms with van der Waals surface area (Å²) in [6.45, 7) is 2.06. The van der Waals surface area contributed by atoms with Gasteiger partial charge in [-0.1, -0.05) is 48.2 Å². The Balaban J connectivity index is 1.68. The van der Waals surface area contributed by atoms with Crippen LogP contribution in [-0.4, -0.2) is 31.4 Å². The molecule has 0 saturated carbocycles. The fraction of sp³-hybridized carbons (Fsp3) is 0.176. The van der Waals surface area contributed by atoms with Gasteiger partial charge in [-0.25, -0.2) is 13.5 Å². The van der Waals surface area contributed by atoms with Gasteiger partial charge in [0.05, 0.1) is 11.8 Å². The molecule has 3 aromatic rings. The first-order valence-corrected chi connectivity index (χ1v) is 8.64. The van der Waals surface area contributed by atoms with Gasteiger partial charge in [-0.3, -0.25) is 4.79 Å². The van der Waals surface area contributed by atoms with Crippen LogP contribution in [0.2, 0.25) is 0 Å². The molecule has 3 rings (SSSR count). The largest absolute Gasteiger partial charge is 0.320 e. The summed E-state index contributed by atoms with van der Waals surface area (Å²) >= 11 is 1.11. The number of rotatable bonds is 6. The second-order valence-electron chi connectivity index (χ2n) is 5.45. The van der Waals surface area contributed by atoms with Gasteiger partial charge in [0, 0.05) is 0 Å². The predicted octanol–water partition coefficient (Wildman–Crippen LogP) is 3.12. The first-order valence-electron chi connectivity index (χ1n) is 7.76. The number of hydrogen-bond donors (Lipinski definition) is 1. The van der Waals surface area contributed by atoms with E-state index in [9.17, 15) is 13.6 Å². The molecule has 0 saturated heterocycles. The molecule has 1 aromatic heterocycles. The third-order valence-corrected chi connectivity index (χ3v) is 4.61. The van der Waals surface area contributed by atoms with E-state index in [-0.39, 0.29) is 0 Å². The van der Waals surface area contributed by atoms with Crippen LogP contribution in [0.5, 0.6) is 0 Å². The number of carbonyl (C=O) groups excluding carboxylic acids is 1. The molecule has 26 heavy (non-hydrogen) atoms. The highest BCUT2D eigenvalue weighted by atomic mass is 32.2. The van der Waals surface area contributed by atoms with E-state index in [4.69, 9.17) is 0 Å². The van der Waals surface area contributed by atoms with E-state index in [1.165, 1.54) is 6.07 Å². The van der Waals surface area contributed by atoms with Crippen LogP contribution in [0.4, 0.5) is 14.5 Å². The number of para-hydroxylation sites is 1. The molecule has 9 heteroatoms. The lowest BCUT2D eigenvalue weighted by molar-refractivity contribution is -0.115. The molecule has 2 aromatic carbocycles. The second kappa shape index (κ2) is 8.05. The first-order chi connectivity index (χ1) is 12.5. The third-order valence-electron chi connectivity index (χ3n) is 3.54. The minimum atomic E-state index is -0.829. The van der Waals surface area contributed by atoms with Crippen LogP contribution >= 0.6 is 11.8 Å². The van der Waals surface area contributed by atoms with Crippen LogP contribution in [0.25, 0.3) is 0 Å². The average Bonchev–Trinajstić information content (AvgIpc) is 3.05. The standard InChI is InChI=1S/C17H15F2N5OS/c1-11(16(25)20-15-13(18)8-5-9-14(15)19)26-17-21-22-23-24(17)10-12-6-3-2-4-7-12/h2-9,11H,10H2,1H3,(H,20,25). The van der Waals surface area contributed by atoms with Crippen LogP contribution in [0.1, 0.15) is 12.5 Å². The summed E-state index contributed by atoms with van der Waals surface area (Å²) in [6, 6.07) is 13.0. The Morgan fingerprint density at radius 1 is 1.15 bits per heavy atom. The fourth-order valence-electron chi connectivity index (χ4n) is 2.19. The van der Waals surface area contributed by atoms with E-state index in [0.29, 0.717) is 11.7 Å². The van der Waals surface area contributed by atoms with Gasteiger partial charge in [0.1, 0.15) is 17.3 Å². The number of hydrogen-bond acceptors (Lipinski definition) is 5. The molecule has 0 spiro atoms. The number of nitrogens with one attached hydrogen (secondary N) is 1. The molecule has 1 atom stereocenters. The summed E-state index contributed by atoms with van der Waals surface area (Å²) in [6.07, 6.45) is 0. The van der Waals surface area contributed by atoms with Gasteiger partial charge in [0.2, 0.25) is 11.1 Å². The molecule has 0 radical (unpaired) electrons. The molecule has 0 aliphatic carbocycles. The molecule has 134 valence electrons. The predicted molar refractivity (Wildman–Crippen MR) is 93.7 cm³/mol. The molecule has 0 aliphatic rings. The van der Waals surface area contributed by atoms with Crippen molar-refractivity contribution in [2.45, 2.75) is 23.9 Å². The van der Waals surface area contributed by atoms with Crippen molar-refractivity contribution >= 4 is 23.4 Å². The van der Waals surface area contributed by atoms with Gasteiger partial charge in [-0.15, -0.1) is 5.10 Å². The van der Waals surface area contributed by atoms with Crippen molar-refractivity contribution in [1.82, 2.24) is 20.2 Å². The Morgan fingerprint density at radius 3 is 2.54 bits per heavy atom. The second-order valence-corrected chi connectivity index (χ2v) is 6.76. The number of aromatic nitrogens is 4. The van der Waals surface area contributed by atoms with E-state index in [1.807, 2.05) is 30.3 Å². The molecule has 1 heterocycles. The highest BCUT2D eigenvalue weighted by Crippen LogP contribution is 2.24. The number of anilines is 1. The van der Waals surface area contributed by atoms with E-state index in [2.05, 4.69) is 20.8 Å². The molecule has 1 amide bonds. The highest BCUT2D eigenvalue weighted by molar-refractivity contribution is 8.00. The fourth-order valence-corrected chi connectivity index (χ4v) is 2.98. The monoisotopic (exact) mass is 375 g/mol. The van der Waals surface area contributed by atoms with Crippen LogP contribution in [0, 0.1) is 11.6 Å². The van der Waals surface area contributed by atoms with Gasteiger partial charge in [-0.2, -0.15) is 0 Å². The first kappa shape index (κ1) is 18.0. The summed E-state index contributed by atoms with van der Waals surface area (Å²) in [5.41, 5.74) is 0.543. The topological polar surface area (TPSA) is 72.7 Å². The Bertz CT molecular complexity index is 883. The van der Waals surface area contributed by atoms with Gasteiger partial charge >= 0.3 is 0 Å². The van der Waals surface area contributed by atoms with Crippen molar-refractivity contribution in [2.75, 3.05) is 5.32 Å². The Labute approximate surface area is 152 Å².